The fraction of sp³-hybridized carbons (Fsp3) is 0. The molecule has 1 fully saturated rings. The first-order chi connectivity index (χ1) is 9.70. The molecule has 0 spiro atoms. The van der Waals surface area contributed by atoms with Gasteiger partial charge in [-0.15, -0.1) is 11.3 Å². The molecule has 0 bridgehead atoms. The van der Waals surface area contributed by atoms with Crippen LogP contribution in [0.5, 0.6) is 0 Å². The van der Waals surface area contributed by atoms with Gasteiger partial charge in [0.2, 0.25) is 0 Å². The molecule has 0 radical (unpaired) electrons. The first-order valence-corrected chi connectivity index (χ1v) is 7.49. The normalized spacial score (nSPS) is 18.8. The third-order valence-electron chi connectivity index (χ3n) is 2.52. The van der Waals surface area contributed by atoms with Crippen molar-refractivity contribution < 1.29 is 9.18 Å². The lowest BCUT2D eigenvalue weighted by Crippen LogP contribution is -2.19. The summed E-state index contributed by atoms with van der Waals surface area (Å²) in [7, 11) is 0. The van der Waals surface area contributed by atoms with Gasteiger partial charge in [-0.05, 0) is 53.5 Å². The number of thiophene rings is 1. The van der Waals surface area contributed by atoms with E-state index in [9.17, 15) is 9.18 Å². The molecule has 1 amide bonds. The minimum absolute atomic E-state index is 0.163. The van der Waals surface area contributed by atoms with Crippen LogP contribution in [-0.4, -0.2) is 11.1 Å². The largest absolute Gasteiger partial charge is 0.300 e. The average Bonchev–Trinajstić information content (AvgIpc) is 3.04. The average molecular weight is 304 g/mol. The molecule has 0 unspecified atom stereocenters. The smallest absolute Gasteiger partial charge is 0.264 e. The summed E-state index contributed by atoms with van der Waals surface area (Å²) in [5, 5.41) is 5.16. The van der Waals surface area contributed by atoms with Crippen molar-refractivity contribution in [3.8, 4) is 0 Å². The predicted molar refractivity (Wildman–Crippen MR) is 81.5 cm³/mol. The lowest BCUT2D eigenvalue weighted by atomic mass is 10.3. The molecule has 1 aliphatic rings. The van der Waals surface area contributed by atoms with Crippen LogP contribution in [0.2, 0.25) is 0 Å². The van der Waals surface area contributed by atoms with E-state index in [0.29, 0.717) is 15.8 Å². The van der Waals surface area contributed by atoms with Crippen LogP contribution in [0.3, 0.4) is 0 Å². The van der Waals surface area contributed by atoms with Crippen molar-refractivity contribution in [2.24, 2.45) is 4.99 Å². The van der Waals surface area contributed by atoms with E-state index in [2.05, 4.69) is 10.3 Å². The Labute approximate surface area is 123 Å². The molecule has 0 atom stereocenters. The fourth-order valence-corrected chi connectivity index (χ4v) is 3.18. The number of amidine groups is 1. The standard InChI is InChI=1S/C14H9FN2OS2/c15-9-3-5-10(6-4-9)16-14-17-13(18)12(20-14)8-11-2-1-7-19-11/h1-8H,(H,16,17,18)/b12-8+. The Kier molecular flexibility index (Phi) is 3.66. The third-order valence-corrected chi connectivity index (χ3v) is 4.25. The van der Waals surface area contributed by atoms with Crippen molar-refractivity contribution in [2.75, 3.05) is 0 Å². The van der Waals surface area contributed by atoms with E-state index in [1.807, 2.05) is 23.6 Å². The van der Waals surface area contributed by atoms with Crippen LogP contribution in [0.25, 0.3) is 6.08 Å². The van der Waals surface area contributed by atoms with E-state index >= 15 is 0 Å². The van der Waals surface area contributed by atoms with Gasteiger partial charge in [-0.1, -0.05) is 6.07 Å². The minimum atomic E-state index is -0.310. The monoisotopic (exact) mass is 304 g/mol. The van der Waals surface area contributed by atoms with Gasteiger partial charge in [0.15, 0.2) is 5.17 Å². The number of halogens is 1. The number of amides is 1. The molecular formula is C14H9FN2OS2. The summed E-state index contributed by atoms with van der Waals surface area (Å²) in [6.07, 6.45) is 1.83. The first kappa shape index (κ1) is 13.1. The molecule has 1 N–H and O–H groups in total. The van der Waals surface area contributed by atoms with Crippen molar-refractivity contribution in [1.82, 2.24) is 5.32 Å². The SMILES string of the molecule is O=C1NC(=Nc2ccc(F)cc2)S/C1=C/c1cccs1. The predicted octanol–water partition coefficient (Wildman–Crippen LogP) is 3.78. The lowest BCUT2D eigenvalue weighted by molar-refractivity contribution is -0.115. The second kappa shape index (κ2) is 5.60. The number of thioether (sulfide) groups is 1. The van der Waals surface area contributed by atoms with Crippen LogP contribution in [0.1, 0.15) is 4.88 Å². The van der Waals surface area contributed by atoms with Crippen LogP contribution in [-0.2, 0) is 4.79 Å². The zero-order chi connectivity index (χ0) is 13.9. The van der Waals surface area contributed by atoms with Crippen molar-refractivity contribution in [1.29, 1.82) is 0 Å². The van der Waals surface area contributed by atoms with Gasteiger partial charge in [0, 0.05) is 4.88 Å². The molecule has 0 aliphatic carbocycles. The number of carbonyl (C=O) groups is 1. The Bertz CT molecular complexity index is 690. The molecule has 6 heteroatoms. The summed E-state index contributed by atoms with van der Waals surface area (Å²) in [4.78, 5) is 17.7. The molecule has 3 nitrogen and oxygen atoms in total. The maximum atomic E-state index is 12.8. The van der Waals surface area contributed by atoms with Gasteiger partial charge >= 0.3 is 0 Å². The van der Waals surface area contributed by atoms with E-state index in [1.54, 1.807) is 23.5 Å². The number of nitrogens with zero attached hydrogens (tertiary/aromatic N) is 1. The number of benzene rings is 1. The van der Waals surface area contributed by atoms with E-state index in [-0.39, 0.29) is 11.7 Å². The highest BCUT2D eigenvalue weighted by Crippen LogP contribution is 2.28. The van der Waals surface area contributed by atoms with Crippen molar-refractivity contribution >= 4 is 45.9 Å². The molecule has 2 aromatic rings. The van der Waals surface area contributed by atoms with Crippen molar-refractivity contribution in [3.63, 3.8) is 0 Å². The first-order valence-electron chi connectivity index (χ1n) is 5.79. The van der Waals surface area contributed by atoms with Gasteiger partial charge in [0.1, 0.15) is 5.82 Å². The number of carbonyl (C=O) groups excluding carboxylic acids is 1. The fourth-order valence-electron chi connectivity index (χ4n) is 1.62. The Morgan fingerprint density at radius 2 is 2.00 bits per heavy atom. The molecule has 0 saturated carbocycles. The topological polar surface area (TPSA) is 41.5 Å². The quantitative estimate of drug-likeness (QED) is 0.858. The maximum absolute atomic E-state index is 12.8. The zero-order valence-electron chi connectivity index (χ0n) is 10.2. The van der Waals surface area contributed by atoms with Crippen molar-refractivity contribution in [2.45, 2.75) is 0 Å². The molecule has 1 saturated heterocycles. The highest BCUT2D eigenvalue weighted by atomic mass is 32.2. The molecular weight excluding hydrogens is 295 g/mol. The summed E-state index contributed by atoms with van der Waals surface area (Å²) < 4.78 is 12.8. The number of rotatable bonds is 2. The van der Waals surface area contributed by atoms with Crippen LogP contribution in [0, 0.1) is 5.82 Å². The van der Waals surface area contributed by atoms with E-state index in [1.165, 1.54) is 23.9 Å². The minimum Gasteiger partial charge on any atom is -0.300 e. The Morgan fingerprint density at radius 1 is 1.20 bits per heavy atom. The molecule has 100 valence electrons. The van der Waals surface area contributed by atoms with Gasteiger partial charge < -0.3 is 5.32 Å². The highest BCUT2D eigenvalue weighted by Gasteiger charge is 2.23. The highest BCUT2D eigenvalue weighted by molar-refractivity contribution is 8.18. The summed E-state index contributed by atoms with van der Waals surface area (Å²) >= 11 is 2.85. The van der Waals surface area contributed by atoms with E-state index < -0.39 is 0 Å². The van der Waals surface area contributed by atoms with Gasteiger partial charge in [-0.25, -0.2) is 9.38 Å². The molecule has 2 heterocycles. The van der Waals surface area contributed by atoms with Gasteiger partial charge in [-0.3, -0.25) is 4.79 Å². The van der Waals surface area contributed by atoms with Gasteiger partial charge in [0.25, 0.3) is 5.91 Å². The van der Waals surface area contributed by atoms with Crippen LogP contribution in [0.15, 0.2) is 51.7 Å². The van der Waals surface area contributed by atoms with Gasteiger partial charge in [0.05, 0.1) is 10.6 Å². The van der Waals surface area contributed by atoms with Crippen LogP contribution < -0.4 is 5.32 Å². The summed E-state index contributed by atoms with van der Waals surface area (Å²) in [6.45, 7) is 0. The number of nitrogens with one attached hydrogen (secondary N) is 1. The molecule has 20 heavy (non-hydrogen) atoms. The molecule has 1 aliphatic heterocycles. The van der Waals surface area contributed by atoms with E-state index in [4.69, 9.17) is 0 Å². The van der Waals surface area contributed by atoms with E-state index in [0.717, 1.165) is 4.88 Å². The number of hydrogen-bond donors (Lipinski definition) is 1. The van der Waals surface area contributed by atoms with Crippen LogP contribution >= 0.6 is 23.1 Å². The Balaban J connectivity index is 1.81. The zero-order valence-corrected chi connectivity index (χ0v) is 11.8. The molecule has 1 aromatic heterocycles. The summed E-state index contributed by atoms with van der Waals surface area (Å²) in [5.74, 6) is -0.473. The number of aliphatic imine (C=N–C) groups is 1. The van der Waals surface area contributed by atoms with Gasteiger partial charge in [-0.2, -0.15) is 0 Å². The van der Waals surface area contributed by atoms with Crippen LogP contribution in [0.4, 0.5) is 10.1 Å². The van der Waals surface area contributed by atoms with Crippen molar-refractivity contribution in [3.05, 3.63) is 57.4 Å². The Morgan fingerprint density at radius 3 is 2.70 bits per heavy atom. The number of hydrogen-bond acceptors (Lipinski definition) is 4. The maximum Gasteiger partial charge on any atom is 0.264 e. The summed E-state index contributed by atoms with van der Waals surface area (Å²) in [5.41, 5.74) is 0.603. The second-order valence-corrected chi connectivity index (χ2v) is 5.98. The summed E-state index contributed by atoms with van der Waals surface area (Å²) in [6, 6.07) is 9.68. The molecule has 3 rings (SSSR count). The third kappa shape index (κ3) is 2.97. The lowest BCUT2D eigenvalue weighted by Gasteiger charge is -1.95. The molecule has 1 aromatic carbocycles. The second-order valence-electron chi connectivity index (χ2n) is 3.97. The Hall–Kier alpha value is -1.92.